The fraction of sp³-hybridized carbons (Fsp3) is 0.100. The summed E-state index contributed by atoms with van der Waals surface area (Å²) < 4.78 is 2.11. The number of halogens is 1. The summed E-state index contributed by atoms with van der Waals surface area (Å²) in [6.45, 7) is 0.929. The molecule has 2 heterocycles. The van der Waals surface area contributed by atoms with Crippen molar-refractivity contribution in [1.29, 1.82) is 0 Å². The van der Waals surface area contributed by atoms with Gasteiger partial charge in [0, 0.05) is 17.8 Å². The molecule has 0 spiro atoms. The average Bonchev–Trinajstić information content (AvgIpc) is 2.62. The molecule has 2 aromatic rings. The van der Waals surface area contributed by atoms with Crippen LogP contribution < -0.4 is 22.7 Å². The van der Waals surface area contributed by atoms with E-state index in [1.54, 1.807) is 11.3 Å². The predicted octanol–water partition coefficient (Wildman–Crippen LogP) is -1.33. The SMILES string of the molecule is Nc1cc[n+](Cc2cccs2)cc1.[Cl-]. The number of thiophene rings is 1. The van der Waals surface area contributed by atoms with Gasteiger partial charge in [0.25, 0.3) is 0 Å². The number of pyridine rings is 1. The fourth-order valence-corrected chi connectivity index (χ4v) is 1.87. The molecule has 0 radical (unpaired) electrons. The first-order chi connectivity index (χ1) is 6.34. The summed E-state index contributed by atoms with van der Waals surface area (Å²) in [4.78, 5) is 1.36. The molecule has 2 aromatic heterocycles. The Labute approximate surface area is 93.4 Å². The molecule has 2 nitrogen and oxygen atoms in total. The molecule has 0 unspecified atom stereocenters. The van der Waals surface area contributed by atoms with Crippen molar-refractivity contribution < 1.29 is 17.0 Å². The highest BCUT2D eigenvalue weighted by Crippen LogP contribution is 2.07. The second-order valence-electron chi connectivity index (χ2n) is 2.88. The van der Waals surface area contributed by atoms with Gasteiger partial charge in [-0.2, -0.15) is 4.57 Å². The van der Waals surface area contributed by atoms with Crippen molar-refractivity contribution in [2.75, 3.05) is 5.73 Å². The van der Waals surface area contributed by atoms with Gasteiger partial charge in [-0.25, -0.2) is 0 Å². The number of nitrogens with zero attached hydrogens (tertiary/aromatic N) is 1. The third-order valence-corrected chi connectivity index (χ3v) is 2.70. The second kappa shape index (κ2) is 4.98. The van der Waals surface area contributed by atoms with Gasteiger partial charge in [-0.15, -0.1) is 11.3 Å². The fourth-order valence-electron chi connectivity index (χ4n) is 1.16. The molecule has 0 aromatic carbocycles. The van der Waals surface area contributed by atoms with Crippen LogP contribution in [0, 0.1) is 0 Å². The quantitative estimate of drug-likeness (QED) is 0.632. The first-order valence-electron chi connectivity index (χ1n) is 4.11. The molecular formula is C10H11ClN2S. The maximum atomic E-state index is 5.59. The lowest BCUT2D eigenvalue weighted by Gasteiger charge is -1.93. The number of nitrogens with two attached hydrogens (primary N) is 1. The Kier molecular flexibility index (Phi) is 3.92. The van der Waals surface area contributed by atoms with E-state index in [1.807, 2.05) is 24.5 Å². The number of hydrogen-bond donors (Lipinski definition) is 1. The normalized spacial score (nSPS) is 9.43. The monoisotopic (exact) mass is 226 g/mol. The van der Waals surface area contributed by atoms with Gasteiger partial charge in [-0.05, 0) is 11.4 Å². The van der Waals surface area contributed by atoms with Crippen molar-refractivity contribution >= 4 is 17.0 Å². The molecule has 0 fully saturated rings. The number of anilines is 1. The van der Waals surface area contributed by atoms with Gasteiger partial charge < -0.3 is 18.1 Å². The van der Waals surface area contributed by atoms with Crippen LogP contribution in [0.3, 0.4) is 0 Å². The minimum absolute atomic E-state index is 0. The Balaban J connectivity index is 0.000000980. The van der Waals surface area contributed by atoms with E-state index in [0.717, 1.165) is 12.2 Å². The molecule has 0 atom stereocenters. The van der Waals surface area contributed by atoms with E-state index >= 15 is 0 Å². The summed E-state index contributed by atoms with van der Waals surface area (Å²) in [5.74, 6) is 0. The van der Waals surface area contributed by atoms with Gasteiger partial charge in [0.1, 0.15) is 0 Å². The van der Waals surface area contributed by atoms with Gasteiger partial charge in [-0.3, -0.25) is 0 Å². The summed E-state index contributed by atoms with van der Waals surface area (Å²) in [6, 6.07) is 8.02. The highest BCUT2D eigenvalue weighted by atomic mass is 35.5. The third-order valence-electron chi connectivity index (χ3n) is 1.84. The number of rotatable bonds is 2. The molecule has 0 bridgehead atoms. The number of aromatic nitrogens is 1. The number of nitrogen functional groups attached to an aromatic ring is 1. The summed E-state index contributed by atoms with van der Waals surface area (Å²) in [5.41, 5.74) is 6.40. The van der Waals surface area contributed by atoms with Crippen molar-refractivity contribution in [1.82, 2.24) is 0 Å². The first-order valence-corrected chi connectivity index (χ1v) is 4.99. The van der Waals surface area contributed by atoms with Crippen molar-refractivity contribution in [3.63, 3.8) is 0 Å². The minimum Gasteiger partial charge on any atom is -1.00 e. The zero-order chi connectivity index (χ0) is 9.10. The van der Waals surface area contributed by atoms with Crippen LogP contribution in [-0.4, -0.2) is 0 Å². The molecule has 0 aliphatic heterocycles. The molecular weight excluding hydrogens is 216 g/mol. The van der Waals surface area contributed by atoms with Crippen molar-refractivity contribution in [3.05, 3.63) is 46.9 Å². The van der Waals surface area contributed by atoms with E-state index in [4.69, 9.17) is 5.73 Å². The van der Waals surface area contributed by atoms with Gasteiger partial charge in [0.15, 0.2) is 18.9 Å². The summed E-state index contributed by atoms with van der Waals surface area (Å²) >= 11 is 1.77. The third kappa shape index (κ3) is 2.72. The molecule has 14 heavy (non-hydrogen) atoms. The lowest BCUT2D eigenvalue weighted by molar-refractivity contribution is -0.687. The molecule has 2 rings (SSSR count). The zero-order valence-electron chi connectivity index (χ0n) is 7.56. The van der Waals surface area contributed by atoms with Gasteiger partial charge in [0.2, 0.25) is 0 Å². The van der Waals surface area contributed by atoms with Gasteiger partial charge in [-0.1, -0.05) is 6.07 Å². The predicted molar refractivity (Wildman–Crippen MR) is 54.5 cm³/mol. The van der Waals surface area contributed by atoms with Crippen LogP contribution >= 0.6 is 11.3 Å². The molecule has 0 aliphatic carbocycles. The van der Waals surface area contributed by atoms with Crippen LogP contribution in [0.4, 0.5) is 5.69 Å². The van der Waals surface area contributed by atoms with Crippen molar-refractivity contribution in [2.24, 2.45) is 0 Å². The summed E-state index contributed by atoms with van der Waals surface area (Å²) in [5, 5.41) is 2.09. The Morgan fingerprint density at radius 3 is 2.50 bits per heavy atom. The van der Waals surface area contributed by atoms with Crippen LogP contribution in [0.25, 0.3) is 0 Å². The lowest BCUT2D eigenvalue weighted by Crippen LogP contribution is -3.00. The Hall–Kier alpha value is -1.06. The molecule has 0 saturated heterocycles. The second-order valence-corrected chi connectivity index (χ2v) is 3.92. The smallest absolute Gasteiger partial charge is 0.182 e. The van der Waals surface area contributed by atoms with Crippen molar-refractivity contribution in [3.8, 4) is 0 Å². The molecule has 0 aliphatic rings. The van der Waals surface area contributed by atoms with Crippen LogP contribution in [0.1, 0.15) is 4.88 Å². The van der Waals surface area contributed by atoms with E-state index in [-0.39, 0.29) is 12.4 Å². The maximum absolute atomic E-state index is 5.59. The standard InChI is InChI=1S/C10H10N2S.ClH/c11-9-3-5-12(6-4-9)8-10-2-1-7-13-10;/h1-7,11H,8H2;1H. The molecule has 74 valence electrons. The Morgan fingerprint density at radius 1 is 1.21 bits per heavy atom. The summed E-state index contributed by atoms with van der Waals surface area (Å²) in [6.07, 6.45) is 3.99. The van der Waals surface area contributed by atoms with E-state index in [0.29, 0.717) is 0 Å². The maximum Gasteiger partial charge on any atom is 0.182 e. The number of hydrogen-bond acceptors (Lipinski definition) is 2. The highest BCUT2D eigenvalue weighted by Gasteiger charge is 2.01. The van der Waals surface area contributed by atoms with Crippen LogP contribution in [0.5, 0.6) is 0 Å². The van der Waals surface area contributed by atoms with Gasteiger partial charge >= 0.3 is 0 Å². The molecule has 0 amide bonds. The zero-order valence-corrected chi connectivity index (χ0v) is 9.13. The average molecular weight is 227 g/mol. The summed E-state index contributed by atoms with van der Waals surface area (Å²) in [7, 11) is 0. The van der Waals surface area contributed by atoms with E-state index in [1.165, 1.54) is 4.88 Å². The van der Waals surface area contributed by atoms with Crippen molar-refractivity contribution in [2.45, 2.75) is 6.54 Å². The van der Waals surface area contributed by atoms with Crippen LogP contribution in [0.15, 0.2) is 42.0 Å². The molecule has 0 saturated carbocycles. The topological polar surface area (TPSA) is 29.9 Å². The van der Waals surface area contributed by atoms with E-state index in [9.17, 15) is 0 Å². The first kappa shape index (κ1) is 11.0. The van der Waals surface area contributed by atoms with E-state index < -0.39 is 0 Å². The lowest BCUT2D eigenvalue weighted by atomic mass is 10.4. The minimum atomic E-state index is 0. The van der Waals surface area contributed by atoms with Crippen LogP contribution in [-0.2, 0) is 6.54 Å². The highest BCUT2D eigenvalue weighted by molar-refractivity contribution is 7.09. The van der Waals surface area contributed by atoms with Crippen LogP contribution in [0.2, 0.25) is 0 Å². The Bertz CT molecular complexity index is 370. The molecule has 4 heteroatoms. The van der Waals surface area contributed by atoms with Gasteiger partial charge in [0.05, 0.1) is 4.88 Å². The van der Waals surface area contributed by atoms with E-state index in [2.05, 4.69) is 22.1 Å². The molecule has 2 N–H and O–H groups in total. The largest absolute Gasteiger partial charge is 1.00 e. The Morgan fingerprint density at radius 2 is 1.93 bits per heavy atom.